The van der Waals surface area contributed by atoms with Gasteiger partial charge in [0.25, 0.3) is 0 Å². The summed E-state index contributed by atoms with van der Waals surface area (Å²) >= 11 is 6.00. The van der Waals surface area contributed by atoms with Crippen molar-refractivity contribution in [1.82, 2.24) is 9.38 Å². The third-order valence-electron chi connectivity index (χ3n) is 2.93. The van der Waals surface area contributed by atoms with Gasteiger partial charge < -0.3 is 5.11 Å². The van der Waals surface area contributed by atoms with Gasteiger partial charge in [0.1, 0.15) is 11.5 Å². The first kappa shape index (κ1) is 12.6. The molecule has 20 heavy (non-hydrogen) atoms. The molecule has 0 saturated heterocycles. The maximum absolute atomic E-state index is 13.9. The van der Waals surface area contributed by atoms with E-state index in [0.29, 0.717) is 5.02 Å². The Morgan fingerprint density at radius 1 is 1.25 bits per heavy atom. The van der Waals surface area contributed by atoms with E-state index in [1.807, 2.05) is 0 Å². The Kier molecular flexibility index (Phi) is 2.91. The zero-order valence-electron chi connectivity index (χ0n) is 10.0. The van der Waals surface area contributed by atoms with E-state index in [1.165, 1.54) is 28.8 Å². The van der Waals surface area contributed by atoms with Crippen LogP contribution in [0.4, 0.5) is 4.39 Å². The SMILES string of the molecule is O=C(O)c1c(-c2ccccc2F)nc2c(Cl)cccn12. The van der Waals surface area contributed by atoms with E-state index in [4.69, 9.17) is 11.6 Å². The summed E-state index contributed by atoms with van der Waals surface area (Å²) in [6.07, 6.45) is 1.53. The van der Waals surface area contributed by atoms with Crippen LogP contribution in [0.5, 0.6) is 0 Å². The van der Waals surface area contributed by atoms with Gasteiger partial charge in [0.2, 0.25) is 0 Å². The summed E-state index contributed by atoms with van der Waals surface area (Å²) in [7, 11) is 0. The first-order chi connectivity index (χ1) is 9.59. The summed E-state index contributed by atoms with van der Waals surface area (Å²) in [4.78, 5) is 15.6. The number of carboxylic acids is 1. The number of imidazole rings is 1. The number of carbonyl (C=O) groups is 1. The van der Waals surface area contributed by atoms with Gasteiger partial charge >= 0.3 is 5.97 Å². The van der Waals surface area contributed by atoms with Crippen LogP contribution in [0.3, 0.4) is 0 Å². The molecule has 3 rings (SSSR count). The number of nitrogens with zero attached hydrogens (tertiary/aromatic N) is 2. The smallest absolute Gasteiger partial charge is 0.355 e. The number of hydrogen-bond acceptors (Lipinski definition) is 2. The van der Waals surface area contributed by atoms with Gasteiger partial charge in [0.15, 0.2) is 11.3 Å². The van der Waals surface area contributed by atoms with Crippen LogP contribution in [0.25, 0.3) is 16.9 Å². The highest BCUT2D eigenvalue weighted by atomic mass is 35.5. The van der Waals surface area contributed by atoms with Gasteiger partial charge in [-0.25, -0.2) is 14.2 Å². The molecule has 1 aromatic carbocycles. The molecular weight excluding hydrogens is 283 g/mol. The van der Waals surface area contributed by atoms with Crippen LogP contribution in [0, 0.1) is 5.82 Å². The van der Waals surface area contributed by atoms with Crippen LogP contribution in [0.15, 0.2) is 42.6 Å². The van der Waals surface area contributed by atoms with Crippen LogP contribution in [-0.2, 0) is 0 Å². The normalized spacial score (nSPS) is 10.9. The minimum atomic E-state index is -1.20. The van der Waals surface area contributed by atoms with Gasteiger partial charge in [0.05, 0.1) is 5.02 Å². The number of pyridine rings is 1. The fraction of sp³-hybridized carbons (Fsp3) is 0. The molecule has 0 fully saturated rings. The van der Waals surface area contributed by atoms with Crippen LogP contribution >= 0.6 is 11.6 Å². The minimum absolute atomic E-state index is 0.0590. The standard InChI is InChI=1S/C14H8ClFN2O2/c15-9-5-3-7-18-12(14(19)20)11(17-13(9)18)8-4-1-2-6-10(8)16/h1-7H,(H,19,20). The molecule has 0 aliphatic rings. The molecule has 4 nitrogen and oxygen atoms in total. The Morgan fingerprint density at radius 2 is 2.00 bits per heavy atom. The highest BCUT2D eigenvalue weighted by molar-refractivity contribution is 6.33. The fourth-order valence-corrected chi connectivity index (χ4v) is 2.29. The third-order valence-corrected chi connectivity index (χ3v) is 3.23. The second-order valence-electron chi connectivity index (χ2n) is 4.14. The van der Waals surface area contributed by atoms with E-state index < -0.39 is 11.8 Å². The Morgan fingerprint density at radius 3 is 2.70 bits per heavy atom. The molecule has 0 aliphatic heterocycles. The van der Waals surface area contributed by atoms with Crippen molar-refractivity contribution in [2.45, 2.75) is 0 Å². The molecular formula is C14H8ClFN2O2. The molecule has 1 N–H and O–H groups in total. The molecule has 0 amide bonds. The number of halogens is 2. The Labute approximate surface area is 118 Å². The zero-order chi connectivity index (χ0) is 14.3. The Hall–Kier alpha value is -2.40. The average molecular weight is 291 g/mol. The van der Waals surface area contributed by atoms with Crippen LogP contribution in [0.2, 0.25) is 5.02 Å². The van der Waals surface area contributed by atoms with Gasteiger partial charge in [0, 0.05) is 11.8 Å². The number of carboxylic acid groups (broad SMARTS) is 1. The summed E-state index contributed by atoms with van der Waals surface area (Å²) in [6, 6.07) is 9.09. The molecule has 3 aromatic rings. The lowest BCUT2D eigenvalue weighted by molar-refractivity contribution is 0.0690. The van der Waals surface area contributed by atoms with Crippen molar-refractivity contribution < 1.29 is 14.3 Å². The van der Waals surface area contributed by atoms with Gasteiger partial charge in [-0.05, 0) is 24.3 Å². The quantitative estimate of drug-likeness (QED) is 0.786. The van der Waals surface area contributed by atoms with Crippen LogP contribution < -0.4 is 0 Å². The van der Waals surface area contributed by atoms with Crippen molar-refractivity contribution in [3.8, 4) is 11.3 Å². The molecule has 0 unspecified atom stereocenters. The van der Waals surface area contributed by atoms with E-state index in [9.17, 15) is 14.3 Å². The van der Waals surface area contributed by atoms with Crippen molar-refractivity contribution in [2.24, 2.45) is 0 Å². The topological polar surface area (TPSA) is 54.6 Å². The molecule has 0 radical (unpaired) electrons. The first-order valence-corrected chi connectivity index (χ1v) is 6.12. The highest BCUT2D eigenvalue weighted by Crippen LogP contribution is 2.29. The lowest BCUT2D eigenvalue weighted by Crippen LogP contribution is -2.04. The van der Waals surface area contributed by atoms with E-state index >= 15 is 0 Å². The number of rotatable bonds is 2. The number of aromatic nitrogens is 2. The van der Waals surface area contributed by atoms with Gasteiger partial charge in [-0.15, -0.1) is 0 Å². The van der Waals surface area contributed by atoms with Crippen molar-refractivity contribution >= 4 is 23.2 Å². The Bertz CT molecular complexity index is 829. The van der Waals surface area contributed by atoms with Crippen molar-refractivity contribution in [2.75, 3.05) is 0 Å². The predicted molar refractivity (Wildman–Crippen MR) is 72.6 cm³/mol. The summed E-state index contributed by atoms with van der Waals surface area (Å²) < 4.78 is 15.2. The largest absolute Gasteiger partial charge is 0.476 e. The molecule has 100 valence electrons. The molecule has 2 aromatic heterocycles. The fourth-order valence-electron chi connectivity index (χ4n) is 2.08. The maximum atomic E-state index is 13.9. The number of benzene rings is 1. The van der Waals surface area contributed by atoms with Gasteiger partial charge in [-0.3, -0.25) is 4.40 Å². The van der Waals surface area contributed by atoms with Crippen LogP contribution in [-0.4, -0.2) is 20.5 Å². The first-order valence-electron chi connectivity index (χ1n) is 5.74. The lowest BCUT2D eigenvalue weighted by atomic mass is 10.1. The molecule has 6 heteroatoms. The molecule has 0 bridgehead atoms. The van der Waals surface area contributed by atoms with Gasteiger partial charge in [-0.2, -0.15) is 0 Å². The summed E-state index contributed by atoms with van der Waals surface area (Å²) in [6.45, 7) is 0. The molecule has 0 aliphatic carbocycles. The molecule has 0 saturated carbocycles. The van der Waals surface area contributed by atoms with Crippen molar-refractivity contribution in [1.29, 1.82) is 0 Å². The number of fused-ring (bicyclic) bond motifs is 1. The monoisotopic (exact) mass is 290 g/mol. The summed E-state index contributed by atoms with van der Waals surface area (Å²) in [5, 5.41) is 9.67. The number of aromatic carboxylic acids is 1. The second-order valence-corrected chi connectivity index (χ2v) is 4.55. The zero-order valence-corrected chi connectivity index (χ0v) is 10.8. The van der Waals surface area contributed by atoms with E-state index in [0.717, 1.165) is 0 Å². The summed E-state index contributed by atoms with van der Waals surface area (Å²) in [5.74, 6) is -1.73. The second kappa shape index (κ2) is 4.61. The third kappa shape index (κ3) is 1.83. The average Bonchev–Trinajstić information content (AvgIpc) is 2.80. The van der Waals surface area contributed by atoms with Crippen molar-refractivity contribution in [3.63, 3.8) is 0 Å². The molecule has 0 spiro atoms. The maximum Gasteiger partial charge on any atom is 0.355 e. The van der Waals surface area contributed by atoms with Crippen molar-refractivity contribution in [3.05, 3.63) is 59.1 Å². The number of hydrogen-bond donors (Lipinski definition) is 1. The molecule has 2 heterocycles. The lowest BCUT2D eigenvalue weighted by Gasteiger charge is -2.01. The summed E-state index contributed by atoms with van der Waals surface area (Å²) in [5.41, 5.74) is 0.353. The van der Waals surface area contributed by atoms with Gasteiger partial charge in [-0.1, -0.05) is 23.7 Å². The van der Waals surface area contributed by atoms with E-state index in [1.54, 1.807) is 18.2 Å². The molecule has 0 atom stereocenters. The Balaban J connectivity index is 2.42. The predicted octanol–water partition coefficient (Wildman–Crippen LogP) is 3.49. The minimum Gasteiger partial charge on any atom is -0.476 e. The van der Waals surface area contributed by atoms with E-state index in [-0.39, 0.29) is 22.6 Å². The highest BCUT2D eigenvalue weighted by Gasteiger charge is 2.22. The van der Waals surface area contributed by atoms with Crippen LogP contribution in [0.1, 0.15) is 10.5 Å². The van der Waals surface area contributed by atoms with E-state index in [2.05, 4.69) is 4.98 Å².